The molecule has 2 aromatic rings. The number of pyridine rings is 1. The minimum Gasteiger partial charge on any atom is -0.467 e. The molecule has 6 nitrogen and oxygen atoms in total. The fraction of sp³-hybridized carbons (Fsp3) is 0.286. The van der Waals surface area contributed by atoms with Gasteiger partial charge >= 0.3 is 5.97 Å². The molecule has 6 heteroatoms. The van der Waals surface area contributed by atoms with Gasteiger partial charge in [0, 0.05) is 0 Å². The van der Waals surface area contributed by atoms with Crippen LogP contribution in [0.25, 0.3) is 0 Å². The van der Waals surface area contributed by atoms with Crippen molar-refractivity contribution in [1.82, 2.24) is 4.98 Å². The maximum absolute atomic E-state index is 11.9. The van der Waals surface area contributed by atoms with E-state index in [1.165, 1.54) is 6.20 Å². The number of hydrogen-bond acceptors (Lipinski definition) is 6. The van der Waals surface area contributed by atoms with Crippen LogP contribution < -0.4 is 11.1 Å². The summed E-state index contributed by atoms with van der Waals surface area (Å²) in [6, 6.07) is 5.06. The number of carbonyl (C=O) groups is 1. The molecule has 0 radical (unpaired) electrons. The molecule has 0 bridgehead atoms. The van der Waals surface area contributed by atoms with Crippen LogP contribution in [0.5, 0.6) is 0 Å². The molecule has 0 amide bonds. The average molecular weight is 275 g/mol. The van der Waals surface area contributed by atoms with Crippen LogP contribution in [0.3, 0.4) is 0 Å². The third-order valence-corrected chi connectivity index (χ3v) is 2.73. The summed E-state index contributed by atoms with van der Waals surface area (Å²) < 4.78 is 10.3. The number of nitrogens with two attached hydrogens (primary N) is 1. The maximum atomic E-state index is 11.9. The van der Waals surface area contributed by atoms with Crippen molar-refractivity contribution < 1.29 is 13.9 Å². The van der Waals surface area contributed by atoms with Gasteiger partial charge in [-0.15, -0.1) is 0 Å². The Balaban J connectivity index is 2.24. The second-order valence-corrected chi connectivity index (χ2v) is 4.27. The highest BCUT2D eigenvalue weighted by atomic mass is 16.5. The van der Waals surface area contributed by atoms with Crippen LogP contribution in [0.2, 0.25) is 0 Å². The van der Waals surface area contributed by atoms with Crippen molar-refractivity contribution >= 4 is 17.5 Å². The molecular weight excluding hydrogens is 258 g/mol. The van der Waals surface area contributed by atoms with E-state index in [4.69, 9.17) is 14.9 Å². The van der Waals surface area contributed by atoms with Crippen molar-refractivity contribution in [2.24, 2.45) is 0 Å². The van der Waals surface area contributed by atoms with Gasteiger partial charge in [0.2, 0.25) is 0 Å². The monoisotopic (exact) mass is 275 g/mol. The number of anilines is 2. The van der Waals surface area contributed by atoms with Gasteiger partial charge in [-0.1, -0.05) is 0 Å². The van der Waals surface area contributed by atoms with Crippen LogP contribution in [0, 0.1) is 0 Å². The number of rotatable bonds is 5. The Bertz CT molecular complexity index is 581. The molecule has 3 N–H and O–H groups in total. The van der Waals surface area contributed by atoms with E-state index in [1.54, 1.807) is 25.3 Å². The lowest BCUT2D eigenvalue weighted by molar-refractivity contribution is 0.0527. The number of aromatic nitrogens is 1. The SMILES string of the molecule is CCOC(=O)c1cc(N)cnc1NC(C)c1ccco1. The molecule has 2 heterocycles. The van der Waals surface area contributed by atoms with Crippen LogP contribution in [0.1, 0.15) is 36.0 Å². The third kappa shape index (κ3) is 3.09. The van der Waals surface area contributed by atoms with Crippen molar-refractivity contribution in [2.45, 2.75) is 19.9 Å². The van der Waals surface area contributed by atoms with Gasteiger partial charge in [-0.25, -0.2) is 9.78 Å². The Labute approximate surface area is 116 Å². The Morgan fingerprint density at radius 3 is 3.05 bits per heavy atom. The highest BCUT2D eigenvalue weighted by Gasteiger charge is 2.17. The number of ether oxygens (including phenoxy) is 1. The summed E-state index contributed by atoms with van der Waals surface area (Å²) in [5.41, 5.74) is 6.39. The maximum Gasteiger partial charge on any atom is 0.341 e. The lowest BCUT2D eigenvalue weighted by atomic mass is 10.2. The number of nitrogens with one attached hydrogen (secondary N) is 1. The van der Waals surface area contributed by atoms with Crippen molar-refractivity contribution in [1.29, 1.82) is 0 Å². The molecule has 20 heavy (non-hydrogen) atoms. The number of nitrogens with zero attached hydrogens (tertiary/aromatic N) is 1. The zero-order valence-corrected chi connectivity index (χ0v) is 11.4. The number of carbonyl (C=O) groups excluding carboxylic acids is 1. The summed E-state index contributed by atoms with van der Waals surface area (Å²) >= 11 is 0. The topological polar surface area (TPSA) is 90.4 Å². The third-order valence-electron chi connectivity index (χ3n) is 2.73. The predicted octanol–water partition coefficient (Wildman–Crippen LogP) is 2.61. The van der Waals surface area contributed by atoms with E-state index in [9.17, 15) is 4.79 Å². The highest BCUT2D eigenvalue weighted by Crippen LogP contribution is 2.23. The van der Waals surface area contributed by atoms with Crippen molar-refractivity contribution in [2.75, 3.05) is 17.7 Å². The summed E-state index contributed by atoms with van der Waals surface area (Å²) in [4.78, 5) is 16.1. The van der Waals surface area contributed by atoms with E-state index in [0.717, 1.165) is 5.76 Å². The minimum absolute atomic E-state index is 0.130. The summed E-state index contributed by atoms with van der Waals surface area (Å²) in [6.45, 7) is 3.95. The van der Waals surface area contributed by atoms with Gasteiger partial charge in [-0.05, 0) is 32.0 Å². The molecule has 0 saturated carbocycles. The van der Waals surface area contributed by atoms with Crippen molar-refractivity contribution in [3.63, 3.8) is 0 Å². The largest absolute Gasteiger partial charge is 0.467 e. The Kier molecular flexibility index (Phi) is 4.24. The number of esters is 1. The van der Waals surface area contributed by atoms with E-state index in [2.05, 4.69) is 10.3 Å². The molecule has 0 spiro atoms. The molecule has 0 aliphatic heterocycles. The van der Waals surface area contributed by atoms with Gasteiger partial charge in [0.05, 0.1) is 30.8 Å². The van der Waals surface area contributed by atoms with Gasteiger partial charge in [-0.2, -0.15) is 0 Å². The van der Waals surface area contributed by atoms with E-state index in [-0.39, 0.29) is 6.04 Å². The zero-order chi connectivity index (χ0) is 14.5. The number of hydrogen-bond donors (Lipinski definition) is 2. The van der Waals surface area contributed by atoms with Gasteiger partial charge in [0.15, 0.2) is 0 Å². The Morgan fingerprint density at radius 1 is 1.60 bits per heavy atom. The lowest BCUT2D eigenvalue weighted by Gasteiger charge is -2.15. The van der Waals surface area contributed by atoms with Gasteiger partial charge in [0.1, 0.15) is 17.1 Å². The fourth-order valence-electron chi connectivity index (χ4n) is 1.77. The Morgan fingerprint density at radius 2 is 2.40 bits per heavy atom. The van der Waals surface area contributed by atoms with E-state index < -0.39 is 5.97 Å². The average Bonchev–Trinajstić information content (AvgIpc) is 2.95. The van der Waals surface area contributed by atoms with Gasteiger partial charge in [-0.3, -0.25) is 0 Å². The molecule has 0 aliphatic carbocycles. The van der Waals surface area contributed by atoms with E-state index in [0.29, 0.717) is 23.7 Å². The second kappa shape index (κ2) is 6.10. The Hall–Kier alpha value is -2.50. The lowest BCUT2D eigenvalue weighted by Crippen LogP contribution is -2.14. The van der Waals surface area contributed by atoms with Crippen LogP contribution in [0.4, 0.5) is 11.5 Å². The van der Waals surface area contributed by atoms with Crippen LogP contribution in [-0.4, -0.2) is 17.6 Å². The molecule has 1 atom stereocenters. The summed E-state index contributed by atoms with van der Waals surface area (Å²) in [6.07, 6.45) is 3.08. The molecule has 106 valence electrons. The van der Waals surface area contributed by atoms with E-state index in [1.807, 2.05) is 13.0 Å². The first-order chi connectivity index (χ1) is 9.61. The second-order valence-electron chi connectivity index (χ2n) is 4.27. The highest BCUT2D eigenvalue weighted by molar-refractivity contribution is 5.95. The normalized spacial score (nSPS) is 11.9. The standard InChI is InChI=1S/C14H17N3O3/c1-3-19-14(18)11-7-10(15)8-16-13(11)17-9(2)12-5-4-6-20-12/h4-9H,3,15H2,1-2H3,(H,16,17). The number of furan rings is 1. The fourth-order valence-corrected chi connectivity index (χ4v) is 1.77. The first kappa shape index (κ1) is 13.9. The van der Waals surface area contributed by atoms with E-state index >= 15 is 0 Å². The summed E-state index contributed by atoms with van der Waals surface area (Å²) in [5.74, 6) is 0.710. The van der Waals surface area contributed by atoms with Crippen LogP contribution in [0.15, 0.2) is 35.1 Å². The molecule has 0 fully saturated rings. The van der Waals surface area contributed by atoms with Crippen molar-refractivity contribution in [3.8, 4) is 0 Å². The van der Waals surface area contributed by atoms with Gasteiger partial charge < -0.3 is 20.2 Å². The van der Waals surface area contributed by atoms with Crippen molar-refractivity contribution in [3.05, 3.63) is 42.0 Å². The van der Waals surface area contributed by atoms with Crippen LogP contribution in [-0.2, 0) is 4.74 Å². The molecule has 2 aromatic heterocycles. The summed E-state index contributed by atoms with van der Waals surface area (Å²) in [5, 5.41) is 3.12. The summed E-state index contributed by atoms with van der Waals surface area (Å²) in [7, 11) is 0. The molecule has 0 aliphatic rings. The molecule has 0 saturated heterocycles. The molecule has 0 aromatic carbocycles. The zero-order valence-electron chi connectivity index (χ0n) is 11.4. The first-order valence-electron chi connectivity index (χ1n) is 6.34. The molecule has 2 rings (SSSR count). The van der Waals surface area contributed by atoms with Crippen LogP contribution >= 0.6 is 0 Å². The predicted molar refractivity (Wildman–Crippen MR) is 75.4 cm³/mol. The van der Waals surface area contributed by atoms with Gasteiger partial charge in [0.25, 0.3) is 0 Å². The first-order valence-corrected chi connectivity index (χ1v) is 6.34. The number of nitrogen functional groups attached to an aromatic ring is 1. The quantitative estimate of drug-likeness (QED) is 0.815. The smallest absolute Gasteiger partial charge is 0.341 e. The molecule has 1 unspecified atom stereocenters. The minimum atomic E-state index is -0.457. The molecular formula is C14H17N3O3.